The van der Waals surface area contributed by atoms with Gasteiger partial charge in [0.05, 0.1) is 28.2 Å². The Bertz CT molecular complexity index is 681. The van der Waals surface area contributed by atoms with E-state index in [1.807, 2.05) is 48.5 Å². The Morgan fingerprint density at radius 2 is 1.04 bits per heavy atom. The van der Waals surface area contributed by atoms with Gasteiger partial charge in [-0.15, -0.1) is 0 Å². The summed E-state index contributed by atoms with van der Waals surface area (Å²) in [4.78, 5) is 0. The van der Waals surface area contributed by atoms with Gasteiger partial charge in [-0.25, -0.2) is 0 Å². The number of hydrogen-bond donors (Lipinski definition) is 0. The van der Waals surface area contributed by atoms with E-state index in [0.29, 0.717) is 29.0 Å². The number of quaternary nitrogens is 1. The quantitative estimate of drug-likeness (QED) is 0.464. The van der Waals surface area contributed by atoms with Crippen LogP contribution in [0.5, 0.6) is 23.0 Å². The Hall–Kier alpha value is -2.44. The third-order valence-electron chi connectivity index (χ3n) is 3.40. The molecule has 0 aromatic heterocycles. The van der Waals surface area contributed by atoms with Crippen molar-refractivity contribution < 1.29 is 22.2 Å². The summed E-state index contributed by atoms with van der Waals surface area (Å²) < 4.78 is 25.3. The van der Waals surface area contributed by atoms with Gasteiger partial charge in [0, 0.05) is 0 Å². The fourth-order valence-electron chi connectivity index (χ4n) is 2.61. The zero-order valence-electron chi connectivity index (χ0n) is 15.2. The van der Waals surface area contributed by atoms with Crippen molar-refractivity contribution in [1.82, 2.24) is 0 Å². The Morgan fingerprint density at radius 1 is 0.760 bits per heavy atom. The van der Waals surface area contributed by atoms with Crippen molar-refractivity contribution in [3.8, 4) is 23.0 Å². The summed E-state index contributed by atoms with van der Waals surface area (Å²) in [6, 6.07) is 15.3. The van der Waals surface area contributed by atoms with Crippen molar-refractivity contribution >= 4 is 8.33 Å². The van der Waals surface area contributed by atoms with Crippen LogP contribution in [0.15, 0.2) is 61.2 Å². The Balaban J connectivity index is 0.000000324. The molecule has 4 rings (SSSR count). The fraction of sp³-hybridized carbons (Fsp3) is 0.263. The second-order valence-electron chi connectivity index (χ2n) is 7.56. The zero-order chi connectivity index (χ0) is 18.2. The van der Waals surface area contributed by atoms with Crippen molar-refractivity contribution in [2.45, 2.75) is 6.04 Å². The van der Waals surface area contributed by atoms with Gasteiger partial charge in [0.2, 0.25) is 0 Å². The monoisotopic (exact) mass is 359 g/mol. The number of nitrogens with zero attached hydrogens (tertiary/aromatic N) is 1. The molecule has 0 fully saturated rings. The fourth-order valence-corrected chi connectivity index (χ4v) is 6.04. The third-order valence-corrected chi connectivity index (χ3v) is 6.82. The van der Waals surface area contributed by atoms with Gasteiger partial charge in [0.1, 0.15) is 0 Å². The molecule has 0 aliphatic carbocycles. The van der Waals surface area contributed by atoms with Crippen LogP contribution < -0.4 is 17.7 Å². The SMILES string of the molecule is C=CC[Si-]12(Oc3ccccc3O1)Oc1ccccc1O2.C[N+](C)(C)C. The van der Waals surface area contributed by atoms with Gasteiger partial charge >= 0.3 is 116 Å². The minimum Gasteiger partial charge on any atom is -0.333 e. The van der Waals surface area contributed by atoms with Crippen molar-refractivity contribution in [2.24, 2.45) is 0 Å². The average molecular weight is 359 g/mol. The first-order valence-corrected chi connectivity index (χ1v) is 10.6. The molecule has 5 nitrogen and oxygen atoms in total. The maximum Gasteiger partial charge on any atom is 0.0675 e. The van der Waals surface area contributed by atoms with Gasteiger partial charge in [0.15, 0.2) is 0 Å². The van der Waals surface area contributed by atoms with Crippen LogP contribution in [0.3, 0.4) is 0 Å². The molecular formula is C19H25NO4Si. The van der Waals surface area contributed by atoms with Crippen molar-refractivity contribution in [3.05, 3.63) is 61.2 Å². The summed E-state index contributed by atoms with van der Waals surface area (Å²) >= 11 is 0. The first-order valence-electron chi connectivity index (χ1n) is 8.25. The smallest absolute Gasteiger partial charge is 0.0675 e. The molecule has 0 radical (unpaired) electrons. The molecule has 0 bridgehead atoms. The van der Waals surface area contributed by atoms with Crippen molar-refractivity contribution in [1.29, 1.82) is 0 Å². The standard InChI is InChI=1S/C15H13O4Si.C4H12N/c1-2-11-20(16-12-7-3-4-8-13(12)17-20)18-14-9-5-6-10-15(14)19-20;1-5(2,3)4/h2-10H,1,11H2;1-4H3/q-1;+1. The van der Waals surface area contributed by atoms with Gasteiger partial charge in [-0.1, -0.05) is 0 Å². The molecule has 2 aromatic rings. The Morgan fingerprint density at radius 3 is 1.28 bits per heavy atom. The summed E-state index contributed by atoms with van der Waals surface area (Å²) in [5, 5.41) is 0. The Labute approximate surface area is 149 Å². The molecule has 0 saturated carbocycles. The second kappa shape index (κ2) is 5.82. The van der Waals surface area contributed by atoms with Gasteiger partial charge in [0.25, 0.3) is 0 Å². The average Bonchev–Trinajstić information content (AvgIpc) is 2.99. The molecule has 2 aliphatic rings. The topological polar surface area (TPSA) is 36.9 Å². The molecule has 2 heterocycles. The van der Waals surface area contributed by atoms with E-state index < -0.39 is 8.33 Å². The summed E-state index contributed by atoms with van der Waals surface area (Å²) in [5.41, 5.74) is 0. The Kier molecular flexibility index (Phi) is 4.05. The van der Waals surface area contributed by atoms with Crippen LogP contribution in [0.4, 0.5) is 0 Å². The maximum absolute atomic E-state index is 6.08. The van der Waals surface area contributed by atoms with E-state index in [4.69, 9.17) is 17.7 Å². The van der Waals surface area contributed by atoms with E-state index in [-0.39, 0.29) is 0 Å². The summed E-state index contributed by atoms with van der Waals surface area (Å²) in [7, 11) is 4.48. The largest absolute Gasteiger partial charge is 0.333 e. The molecule has 6 heteroatoms. The summed E-state index contributed by atoms with van der Waals surface area (Å²) in [6.07, 6.45) is 1.71. The minimum absolute atomic E-state index is 0.378. The molecule has 0 unspecified atom stereocenters. The summed E-state index contributed by atoms with van der Waals surface area (Å²) in [6.45, 7) is 3.78. The number of hydrogen-bond acceptors (Lipinski definition) is 4. The van der Waals surface area contributed by atoms with Gasteiger partial charge < -0.3 is 4.48 Å². The summed E-state index contributed by atoms with van der Waals surface area (Å²) in [5.74, 6) is 2.59. The minimum atomic E-state index is -4.02. The van der Waals surface area contributed by atoms with Gasteiger partial charge in [-0.2, -0.15) is 0 Å². The van der Waals surface area contributed by atoms with Crippen LogP contribution in [0, 0.1) is 0 Å². The molecule has 25 heavy (non-hydrogen) atoms. The van der Waals surface area contributed by atoms with E-state index in [2.05, 4.69) is 34.8 Å². The number of fused-ring (bicyclic) bond motifs is 2. The zero-order valence-corrected chi connectivity index (χ0v) is 16.2. The van der Waals surface area contributed by atoms with Crippen molar-refractivity contribution in [3.63, 3.8) is 0 Å². The van der Waals surface area contributed by atoms with Gasteiger partial charge in [-0.05, 0) is 0 Å². The number of benzene rings is 2. The molecule has 2 aromatic carbocycles. The maximum atomic E-state index is 6.08. The molecule has 134 valence electrons. The van der Waals surface area contributed by atoms with Crippen LogP contribution in [0.25, 0.3) is 0 Å². The molecule has 0 saturated heterocycles. The van der Waals surface area contributed by atoms with Gasteiger partial charge in [-0.3, -0.25) is 0 Å². The molecule has 1 spiro atoms. The van der Waals surface area contributed by atoms with Crippen LogP contribution in [-0.2, 0) is 0 Å². The van der Waals surface area contributed by atoms with E-state index in [1.165, 1.54) is 0 Å². The van der Waals surface area contributed by atoms with E-state index in [1.54, 1.807) is 6.08 Å². The predicted octanol–water partition coefficient (Wildman–Crippen LogP) is 3.83. The number of rotatable bonds is 2. The van der Waals surface area contributed by atoms with E-state index in [0.717, 1.165) is 4.48 Å². The normalized spacial score (nSPS) is 19.3. The first kappa shape index (κ1) is 17.4. The predicted molar refractivity (Wildman–Crippen MR) is 100 cm³/mol. The van der Waals surface area contributed by atoms with Crippen LogP contribution in [0.1, 0.15) is 0 Å². The number of para-hydroxylation sites is 4. The molecule has 0 amide bonds. The third kappa shape index (κ3) is 3.50. The number of allylic oxidation sites excluding steroid dienone is 1. The second-order valence-corrected chi connectivity index (χ2v) is 10.9. The van der Waals surface area contributed by atoms with Crippen LogP contribution in [0.2, 0.25) is 6.04 Å². The van der Waals surface area contributed by atoms with Crippen LogP contribution in [-0.4, -0.2) is 41.0 Å². The molecular weight excluding hydrogens is 334 g/mol. The first-order chi connectivity index (χ1) is 11.7. The molecule has 0 N–H and O–H groups in total. The van der Waals surface area contributed by atoms with E-state index in [9.17, 15) is 0 Å². The molecule has 2 aliphatic heterocycles. The van der Waals surface area contributed by atoms with Crippen molar-refractivity contribution in [2.75, 3.05) is 28.2 Å². The molecule has 0 atom stereocenters. The van der Waals surface area contributed by atoms with Crippen LogP contribution >= 0.6 is 0 Å². The van der Waals surface area contributed by atoms with E-state index >= 15 is 0 Å².